The van der Waals surface area contributed by atoms with Gasteiger partial charge in [0.15, 0.2) is 0 Å². The van der Waals surface area contributed by atoms with Crippen molar-refractivity contribution in [2.24, 2.45) is 0 Å². The molecule has 0 atom stereocenters. The summed E-state index contributed by atoms with van der Waals surface area (Å²) in [5.74, 6) is -0.537. The molecule has 0 unspecified atom stereocenters. The number of benzene rings is 1. The summed E-state index contributed by atoms with van der Waals surface area (Å²) in [4.78, 5) is 15.2. The van der Waals surface area contributed by atoms with E-state index in [4.69, 9.17) is 28.3 Å². The highest BCUT2D eigenvalue weighted by atomic mass is 35.5. The van der Waals surface area contributed by atoms with Gasteiger partial charge in [-0.2, -0.15) is 0 Å². The minimum absolute atomic E-state index is 0.0175. The van der Waals surface area contributed by atoms with Gasteiger partial charge in [-0.25, -0.2) is 4.79 Å². The van der Waals surface area contributed by atoms with E-state index in [0.717, 1.165) is 0 Å². The molecule has 1 heterocycles. The Morgan fingerprint density at radius 3 is 2.42 bits per heavy atom. The zero-order chi connectivity index (χ0) is 14.2. The number of hydrogen-bond acceptors (Lipinski definition) is 2. The Labute approximate surface area is 120 Å². The van der Waals surface area contributed by atoms with Gasteiger partial charge in [-0.15, -0.1) is 9.36 Å². The first kappa shape index (κ1) is 13.8. The van der Waals surface area contributed by atoms with Crippen molar-refractivity contribution in [3.05, 3.63) is 39.9 Å². The van der Waals surface area contributed by atoms with E-state index in [1.54, 1.807) is 34.5 Å². The van der Waals surface area contributed by atoms with Crippen LogP contribution in [0, 0.1) is 6.92 Å². The molecule has 0 saturated carbocycles. The Balaban J connectivity index is 2.71. The van der Waals surface area contributed by atoms with Crippen LogP contribution in [-0.2, 0) is 6.54 Å². The smallest absolute Gasteiger partial charge is 0.430 e. The molecular formula is C12H12Cl2N3O2+. The van der Waals surface area contributed by atoms with Crippen LogP contribution >= 0.6 is 23.2 Å². The number of hydrogen-bond donors (Lipinski definition) is 1. The SMILES string of the molecule is CC[n+]1c(C(=O)O)nc(C)n1-c1cc(Cl)cc(Cl)c1. The largest absolute Gasteiger partial charge is 0.472 e. The molecule has 2 rings (SSSR count). The lowest BCUT2D eigenvalue weighted by Gasteiger charge is -2.06. The van der Waals surface area contributed by atoms with Crippen LogP contribution in [-0.4, -0.2) is 20.7 Å². The van der Waals surface area contributed by atoms with Crippen LogP contribution in [0.4, 0.5) is 0 Å². The normalized spacial score (nSPS) is 10.7. The third-order valence-corrected chi connectivity index (χ3v) is 3.08. The van der Waals surface area contributed by atoms with Crippen LogP contribution < -0.4 is 4.68 Å². The summed E-state index contributed by atoms with van der Waals surface area (Å²) in [6.45, 7) is 4.04. The fraction of sp³-hybridized carbons (Fsp3) is 0.250. The molecular weight excluding hydrogens is 289 g/mol. The molecule has 2 aromatic rings. The lowest BCUT2D eigenvalue weighted by molar-refractivity contribution is -0.767. The lowest BCUT2D eigenvalue weighted by atomic mass is 10.3. The Hall–Kier alpha value is -1.59. The fourth-order valence-corrected chi connectivity index (χ4v) is 2.48. The Morgan fingerprint density at radius 1 is 1.37 bits per heavy atom. The zero-order valence-electron chi connectivity index (χ0n) is 10.4. The van der Waals surface area contributed by atoms with Gasteiger partial charge < -0.3 is 5.11 Å². The maximum atomic E-state index is 11.2. The van der Waals surface area contributed by atoms with Crippen LogP contribution in [0.1, 0.15) is 23.4 Å². The fourth-order valence-electron chi connectivity index (χ4n) is 1.96. The first-order valence-electron chi connectivity index (χ1n) is 5.63. The Morgan fingerprint density at radius 2 is 1.95 bits per heavy atom. The van der Waals surface area contributed by atoms with Crippen molar-refractivity contribution in [3.8, 4) is 5.69 Å². The standard InChI is InChI=1S/C12H11Cl2N3O2/c1-3-16-11(12(18)19)15-7(2)17(16)10-5-8(13)4-9(14)6-10/h4-6H,3H2,1-2H3/p+1. The zero-order valence-corrected chi connectivity index (χ0v) is 11.9. The first-order chi connectivity index (χ1) is 8.93. The van der Waals surface area contributed by atoms with E-state index in [1.165, 1.54) is 0 Å². The molecule has 0 aliphatic rings. The van der Waals surface area contributed by atoms with E-state index < -0.39 is 5.97 Å². The van der Waals surface area contributed by atoms with E-state index in [2.05, 4.69) is 4.98 Å². The topological polar surface area (TPSA) is 59.0 Å². The average molecular weight is 301 g/mol. The molecule has 0 aliphatic carbocycles. The van der Waals surface area contributed by atoms with Gasteiger partial charge in [0, 0.05) is 17.0 Å². The third-order valence-electron chi connectivity index (χ3n) is 2.64. The van der Waals surface area contributed by atoms with E-state index >= 15 is 0 Å². The van der Waals surface area contributed by atoms with Crippen molar-refractivity contribution in [2.75, 3.05) is 0 Å². The highest BCUT2D eigenvalue weighted by Crippen LogP contribution is 2.21. The van der Waals surface area contributed by atoms with Crippen molar-refractivity contribution < 1.29 is 14.6 Å². The van der Waals surface area contributed by atoms with Gasteiger partial charge in [-0.3, -0.25) is 0 Å². The monoisotopic (exact) mass is 300 g/mol. The predicted molar refractivity (Wildman–Crippen MR) is 71.1 cm³/mol. The summed E-state index contributed by atoms with van der Waals surface area (Å²) in [6.07, 6.45) is 0. The quantitative estimate of drug-likeness (QED) is 0.886. The van der Waals surface area contributed by atoms with E-state index in [0.29, 0.717) is 28.1 Å². The highest BCUT2D eigenvalue weighted by Gasteiger charge is 2.29. The molecule has 5 nitrogen and oxygen atoms in total. The number of carboxylic acid groups (broad SMARTS) is 1. The number of aromatic carboxylic acids is 1. The summed E-state index contributed by atoms with van der Waals surface area (Å²) in [7, 11) is 0. The number of carboxylic acids is 1. The van der Waals surface area contributed by atoms with Crippen LogP contribution in [0.2, 0.25) is 10.0 Å². The number of rotatable bonds is 3. The Kier molecular flexibility index (Phi) is 3.78. The molecule has 1 aromatic carbocycles. The molecule has 100 valence electrons. The third kappa shape index (κ3) is 2.57. The molecule has 0 amide bonds. The molecule has 7 heteroatoms. The van der Waals surface area contributed by atoms with Gasteiger partial charge in [0.25, 0.3) is 5.82 Å². The predicted octanol–water partition coefficient (Wildman–Crippen LogP) is 2.49. The number of carbonyl (C=O) groups is 1. The molecule has 1 aromatic heterocycles. The van der Waals surface area contributed by atoms with Gasteiger partial charge >= 0.3 is 11.8 Å². The van der Waals surface area contributed by atoms with Crippen LogP contribution in [0.5, 0.6) is 0 Å². The summed E-state index contributed by atoms with van der Waals surface area (Å²) >= 11 is 11.9. The second-order valence-electron chi connectivity index (χ2n) is 3.94. The number of aromatic nitrogens is 3. The number of aryl methyl sites for hydroxylation is 1. The minimum Gasteiger partial charge on any atom is -0.472 e. The second kappa shape index (κ2) is 5.19. The van der Waals surface area contributed by atoms with Crippen LogP contribution in [0.15, 0.2) is 18.2 Å². The summed E-state index contributed by atoms with van der Waals surface area (Å²) in [6, 6.07) is 5.03. The molecule has 19 heavy (non-hydrogen) atoms. The summed E-state index contributed by atoms with van der Waals surface area (Å²) < 4.78 is 3.24. The minimum atomic E-state index is -1.07. The molecule has 0 bridgehead atoms. The summed E-state index contributed by atoms with van der Waals surface area (Å²) in [5, 5.41) is 10.1. The van der Waals surface area contributed by atoms with E-state index in [1.807, 2.05) is 6.92 Å². The van der Waals surface area contributed by atoms with Crippen LogP contribution in [0.25, 0.3) is 5.69 Å². The number of nitrogens with zero attached hydrogens (tertiary/aromatic N) is 3. The second-order valence-corrected chi connectivity index (χ2v) is 4.82. The van der Waals surface area contributed by atoms with Crippen molar-refractivity contribution in [2.45, 2.75) is 20.4 Å². The van der Waals surface area contributed by atoms with Gasteiger partial charge in [-0.05, 0) is 30.1 Å². The molecule has 0 fully saturated rings. The van der Waals surface area contributed by atoms with Gasteiger partial charge in [0.1, 0.15) is 6.54 Å². The average Bonchev–Trinajstić information content (AvgIpc) is 2.64. The molecule has 0 spiro atoms. The molecule has 0 aliphatic heterocycles. The molecule has 0 saturated heterocycles. The van der Waals surface area contributed by atoms with Crippen molar-refractivity contribution in [1.82, 2.24) is 9.67 Å². The van der Waals surface area contributed by atoms with Crippen molar-refractivity contribution in [3.63, 3.8) is 0 Å². The maximum Gasteiger partial charge on any atom is 0.430 e. The van der Waals surface area contributed by atoms with Crippen molar-refractivity contribution >= 4 is 29.2 Å². The summed E-state index contributed by atoms with van der Waals surface area (Å²) in [5.41, 5.74) is 0.678. The Bertz CT molecular complexity index is 632. The van der Waals surface area contributed by atoms with Gasteiger partial charge in [-0.1, -0.05) is 23.2 Å². The van der Waals surface area contributed by atoms with Crippen molar-refractivity contribution in [1.29, 1.82) is 0 Å². The molecule has 0 radical (unpaired) electrons. The van der Waals surface area contributed by atoms with Gasteiger partial charge in [0.2, 0.25) is 0 Å². The van der Waals surface area contributed by atoms with Crippen LogP contribution in [0.3, 0.4) is 0 Å². The lowest BCUT2D eigenvalue weighted by Crippen LogP contribution is -2.46. The highest BCUT2D eigenvalue weighted by molar-refractivity contribution is 6.34. The molecule has 1 N–H and O–H groups in total. The van der Waals surface area contributed by atoms with E-state index in [9.17, 15) is 4.79 Å². The number of halogens is 2. The van der Waals surface area contributed by atoms with E-state index in [-0.39, 0.29) is 5.82 Å². The first-order valence-corrected chi connectivity index (χ1v) is 6.39. The van der Waals surface area contributed by atoms with Gasteiger partial charge in [0.05, 0.1) is 5.69 Å². The maximum absolute atomic E-state index is 11.2.